The average molecular weight is 517 g/mol. The largest absolute Gasteiger partial charge is 0.384 e. The van der Waals surface area contributed by atoms with E-state index in [-0.39, 0.29) is 24.1 Å². The molecule has 2 aromatic carbocycles. The van der Waals surface area contributed by atoms with Gasteiger partial charge in [-0.2, -0.15) is 0 Å². The van der Waals surface area contributed by atoms with Gasteiger partial charge in [0.1, 0.15) is 11.6 Å². The van der Waals surface area contributed by atoms with Gasteiger partial charge in [-0.15, -0.1) is 0 Å². The lowest BCUT2D eigenvalue weighted by molar-refractivity contribution is -0.117. The zero-order valence-corrected chi connectivity index (χ0v) is 20.8. The molecule has 2 atom stereocenters. The predicted octanol–water partition coefficient (Wildman–Crippen LogP) is 3.74. The van der Waals surface area contributed by atoms with Crippen LogP contribution in [0.2, 0.25) is 0 Å². The highest BCUT2D eigenvalue weighted by atomic mass is 19.1. The third-order valence-electron chi connectivity index (χ3n) is 6.71. The van der Waals surface area contributed by atoms with E-state index in [2.05, 4.69) is 25.9 Å². The number of pyridine rings is 1. The number of nitrogens with one attached hydrogen (secondary N) is 3. The molecule has 0 fully saturated rings. The minimum absolute atomic E-state index is 0.100. The van der Waals surface area contributed by atoms with Gasteiger partial charge in [0.2, 0.25) is 5.91 Å². The number of carbonyl (C=O) groups excluding carboxylic acids is 1. The summed E-state index contributed by atoms with van der Waals surface area (Å²) in [6.07, 6.45) is 4.86. The van der Waals surface area contributed by atoms with Gasteiger partial charge < -0.3 is 16.0 Å². The topological polar surface area (TPSA) is 101 Å². The van der Waals surface area contributed by atoms with Gasteiger partial charge in [0.05, 0.1) is 24.5 Å². The van der Waals surface area contributed by atoms with E-state index in [4.69, 9.17) is 0 Å². The van der Waals surface area contributed by atoms with Crippen molar-refractivity contribution < 1.29 is 13.6 Å². The number of anilines is 2. The Bertz CT molecular complexity index is 1550. The number of fused-ring (bicyclic) bond motifs is 1. The van der Waals surface area contributed by atoms with Gasteiger partial charge in [-0.05, 0) is 73.1 Å². The minimum Gasteiger partial charge on any atom is -0.384 e. The van der Waals surface area contributed by atoms with Gasteiger partial charge in [-0.3, -0.25) is 19.1 Å². The second kappa shape index (κ2) is 10.5. The number of nitrogens with zero attached hydrogens (tertiary/aromatic N) is 3. The first-order valence-electron chi connectivity index (χ1n) is 12.1. The van der Waals surface area contributed by atoms with Crippen LogP contribution in [-0.2, 0) is 11.3 Å². The van der Waals surface area contributed by atoms with Crippen molar-refractivity contribution in [2.24, 2.45) is 0 Å². The van der Waals surface area contributed by atoms with Crippen LogP contribution in [0.4, 0.5) is 20.3 Å². The molecule has 194 valence electrons. The molecule has 0 radical (unpaired) electrons. The van der Waals surface area contributed by atoms with E-state index in [9.17, 15) is 18.4 Å². The van der Waals surface area contributed by atoms with Gasteiger partial charge in [0.15, 0.2) is 5.82 Å². The second-order valence-corrected chi connectivity index (χ2v) is 9.18. The molecule has 10 heteroatoms. The van der Waals surface area contributed by atoms with Gasteiger partial charge in [-0.25, -0.2) is 13.8 Å². The van der Waals surface area contributed by atoms with Gasteiger partial charge >= 0.3 is 0 Å². The van der Waals surface area contributed by atoms with E-state index >= 15 is 0 Å². The number of aromatic nitrogens is 3. The summed E-state index contributed by atoms with van der Waals surface area (Å²) in [5.74, 6) is -1.33. The fourth-order valence-electron chi connectivity index (χ4n) is 4.51. The Hall–Kier alpha value is -4.44. The first-order valence-corrected chi connectivity index (χ1v) is 12.1. The highest BCUT2D eigenvalue weighted by Gasteiger charge is 2.25. The van der Waals surface area contributed by atoms with Crippen LogP contribution < -0.4 is 21.5 Å². The number of amides is 1. The summed E-state index contributed by atoms with van der Waals surface area (Å²) in [7, 11) is 1.64. The van der Waals surface area contributed by atoms with E-state index in [1.54, 1.807) is 44.6 Å². The molecule has 38 heavy (non-hydrogen) atoms. The van der Waals surface area contributed by atoms with Crippen molar-refractivity contribution in [2.75, 3.05) is 24.2 Å². The highest BCUT2D eigenvalue weighted by molar-refractivity contribution is 5.93. The lowest BCUT2D eigenvalue weighted by atomic mass is 9.93. The lowest BCUT2D eigenvalue weighted by Crippen LogP contribution is -2.38. The van der Waals surface area contributed by atoms with Crippen LogP contribution in [0.1, 0.15) is 29.5 Å². The summed E-state index contributed by atoms with van der Waals surface area (Å²) in [5.41, 5.74) is 3.86. The molecule has 4 aromatic rings. The van der Waals surface area contributed by atoms with E-state index in [0.717, 1.165) is 22.4 Å². The molecule has 8 nitrogen and oxygen atoms in total. The van der Waals surface area contributed by atoms with Crippen LogP contribution in [0.25, 0.3) is 11.3 Å². The molecular formula is C28H26F2N6O2. The maximum Gasteiger partial charge on any atom is 0.294 e. The molecule has 0 saturated heterocycles. The Balaban J connectivity index is 1.53. The molecule has 0 aliphatic carbocycles. The first-order chi connectivity index (χ1) is 18.3. The SMILES string of the molecule is CN[C@@H](C)C(=O)Nc1ncc(-c2ccc(F)cc2)n(Cc2cncc(C3CNc4ccc(F)cc43)c2)c1=O. The van der Waals surface area contributed by atoms with Crippen LogP contribution in [0, 0.1) is 11.6 Å². The maximum atomic E-state index is 13.9. The van der Waals surface area contributed by atoms with E-state index in [1.807, 2.05) is 6.07 Å². The van der Waals surface area contributed by atoms with Crippen molar-refractivity contribution in [1.82, 2.24) is 19.9 Å². The monoisotopic (exact) mass is 516 g/mol. The van der Waals surface area contributed by atoms with Crippen LogP contribution in [0.15, 0.2) is 71.9 Å². The lowest BCUT2D eigenvalue weighted by Gasteiger charge is -2.17. The Morgan fingerprint density at radius 2 is 1.87 bits per heavy atom. The molecule has 1 unspecified atom stereocenters. The molecule has 3 heterocycles. The summed E-state index contributed by atoms with van der Waals surface area (Å²) < 4.78 is 29.0. The number of likely N-dealkylation sites (N-methyl/N-ethyl adjacent to an activating group) is 1. The summed E-state index contributed by atoms with van der Waals surface area (Å²) in [6, 6.07) is 11.8. The standard InChI is InChI=1S/C28H26F2N6O2/c1-16(31-2)27(37)35-26-28(38)36(25(14-34-26)18-3-5-20(29)6-4-18)15-17-9-19(12-32-11-17)23-13-33-24-8-7-21(30)10-22(23)24/h3-12,14,16,23,31,33H,13,15H2,1-2H3,(H,34,35,37)/t16-,23?/m0/s1. The third kappa shape index (κ3) is 5.03. The van der Waals surface area contributed by atoms with Crippen molar-refractivity contribution >= 4 is 17.4 Å². The second-order valence-electron chi connectivity index (χ2n) is 9.18. The molecule has 0 saturated carbocycles. The van der Waals surface area contributed by atoms with Gasteiger partial charge in [0.25, 0.3) is 5.56 Å². The van der Waals surface area contributed by atoms with E-state index < -0.39 is 23.3 Å². The molecule has 2 aromatic heterocycles. The Labute approximate surface area is 217 Å². The number of hydrogen-bond acceptors (Lipinski definition) is 6. The molecule has 1 amide bonds. The zero-order valence-electron chi connectivity index (χ0n) is 20.8. The third-order valence-corrected chi connectivity index (χ3v) is 6.71. The predicted molar refractivity (Wildman–Crippen MR) is 141 cm³/mol. The molecule has 1 aliphatic heterocycles. The van der Waals surface area contributed by atoms with Crippen molar-refractivity contribution in [2.45, 2.75) is 25.4 Å². The molecule has 1 aliphatic rings. The highest BCUT2D eigenvalue weighted by Crippen LogP contribution is 2.36. The number of halogens is 2. The van der Waals surface area contributed by atoms with Crippen LogP contribution in [0.5, 0.6) is 0 Å². The Morgan fingerprint density at radius 1 is 1.11 bits per heavy atom. The van der Waals surface area contributed by atoms with E-state index in [1.165, 1.54) is 35.0 Å². The van der Waals surface area contributed by atoms with Crippen LogP contribution in [0.3, 0.4) is 0 Å². The number of rotatable bonds is 7. The molecule has 0 bridgehead atoms. The van der Waals surface area contributed by atoms with Crippen molar-refractivity contribution in [3.8, 4) is 11.3 Å². The van der Waals surface area contributed by atoms with Crippen molar-refractivity contribution in [3.63, 3.8) is 0 Å². The zero-order chi connectivity index (χ0) is 26.8. The first kappa shape index (κ1) is 25.2. The maximum absolute atomic E-state index is 13.9. The normalized spacial score (nSPS) is 15.0. The number of hydrogen-bond donors (Lipinski definition) is 3. The Morgan fingerprint density at radius 3 is 2.63 bits per heavy atom. The molecular weight excluding hydrogens is 490 g/mol. The molecule has 0 spiro atoms. The molecule has 5 rings (SSSR count). The summed E-state index contributed by atoms with van der Waals surface area (Å²) in [5, 5.41) is 8.70. The average Bonchev–Trinajstić information content (AvgIpc) is 3.34. The van der Waals surface area contributed by atoms with Gasteiger partial charge in [-0.1, -0.05) is 6.07 Å². The minimum atomic E-state index is -0.532. The summed E-state index contributed by atoms with van der Waals surface area (Å²) >= 11 is 0. The van der Waals surface area contributed by atoms with Crippen LogP contribution in [-0.4, -0.2) is 40.1 Å². The smallest absolute Gasteiger partial charge is 0.294 e. The fraction of sp³-hybridized carbons (Fsp3) is 0.214. The fourth-order valence-corrected chi connectivity index (χ4v) is 4.51. The Kier molecular flexibility index (Phi) is 6.97. The quantitative estimate of drug-likeness (QED) is 0.346. The van der Waals surface area contributed by atoms with E-state index in [0.29, 0.717) is 17.8 Å². The van der Waals surface area contributed by atoms with Crippen LogP contribution >= 0.6 is 0 Å². The van der Waals surface area contributed by atoms with Gasteiger partial charge in [0, 0.05) is 36.1 Å². The number of carbonyl (C=O) groups is 1. The molecule has 3 N–H and O–H groups in total. The summed E-state index contributed by atoms with van der Waals surface area (Å²) in [4.78, 5) is 34.6. The number of benzene rings is 2. The summed E-state index contributed by atoms with van der Waals surface area (Å²) in [6.45, 7) is 2.38. The van der Waals surface area contributed by atoms with Crippen molar-refractivity contribution in [3.05, 3.63) is 106 Å². The van der Waals surface area contributed by atoms with Crippen molar-refractivity contribution in [1.29, 1.82) is 0 Å².